The fraction of sp³-hybridized carbons (Fsp3) is 0.176. The highest BCUT2D eigenvalue weighted by atomic mass is 16.2. The first-order valence-corrected chi connectivity index (χ1v) is 7.30. The van der Waals surface area contributed by atoms with Gasteiger partial charge in [-0.1, -0.05) is 36.4 Å². The highest BCUT2D eigenvalue weighted by molar-refractivity contribution is 5.95. The summed E-state index contributed by atoms with van der Waals surface area (Å²) in [5.74, 6) is -0.187. The zero-order chi connectivity index (χ0) is 16.2. The Hall–Kier alpha value is -3.02. The Balaban J connectivity index is 1.92. The molecule has 0 saturated heterocycles. The molecule has 6 heteroatoms. The van der Waals surface area contributed by atoms with Gasteiger partial charge in [0.25, 0.3) is 5.91 Å². The molecular weight excluding hydrogens is 290 g/mol. The lowest BCUT2D eigenvalue weighted by Crippen LogP contribution is -2.27. The third-order valence-electron chi connectivity index (χ3n) is 3.48. The van der Waals surface area contributed by atoms with Crippen LogP contribution in [-0.2, 0) is 4.79 Å². The predicted octanol–water partition coefficient (Wildman–Crippen LogP) is 2.52. The summed E-state index contributed by atoms with van der Waals surface area (Å²) in [6, 6.07) is 14.8. The van der Waals surface area contributed by atoms with Crippen molar-refractivity contribution in [2.75, 3.05) is 5.32 Å². The molecule has 116 valence electrons. The Kier molecular flexibility index (Phi) is 4.14. The van der Waals surface area contributed by atoms with Gasteiger partial charge in [0.1, 0.15) is 6.33 Å². The van der Waals surface area contributed by atoms with Crippen LogP contribution in [0.4, 0.5) is 5.69 Å². The van der Waals surface area contributed by atoms with E-state index in [1.54, 1.807) is 0 Å². The zero-order valence-corrected chi connectivity index (χ0v) is 13.0. The van der Waals surface area contributed by atoms with Crippen molar-refractivity contribution in [1.29, 1.82) is 0 Å². The Bertz CT molecular complexity index is 779. The van der Waals surface area contributed by atoms with E-state index >= 15 is 0 Å². The largest absolute Gasteiger partial charge is 0.324 e. The van der Waals surface area contributed by atoms with Crippen LogP contribution in [-0.4, -0.2) is 26.1 Å². The van der Waals surface area contributed by atoms with E-state index in [0.717, 1.165) is 22.4 Å². The molecule has 0 bridgehead atoms. The first kappa shape index (κ1) is 14.9. The van der Waals surface area contributed by atoms with Gasteiger partial charge in [0.2, 0.25) is 0 Å². The number of tetrazole rings is 1. The van der Waals surface area contributed by atoms with E-state index in [1.807, 2.05) is 56.3 Å². The molecule has 1 heterocycles. The maximum Gasteiger partial charge on any atom is 0.253 e. The molecule has 0 aliphatic rings. The molecular formula is C17H17N5O. The van der Waals surface area contributed by atoms with Crippen LogP contribution < -0.4 is 5.32 Å². The minimum atomic E-state index is -0.619. The topological polar surface area (TPSA) is 72.7 Å². The van der Waals surface area contributed by atoms with Crippen LogP contribution in [0.5, 0.6) is 0 Å². The van der Waals surface area contributed by atoms with Crippen molar-refractivity contribution in [3.8, 4) is 0 Å². The molecule has 0 saturated carbocycles. The molecule has 3 aromatic rings. The number of carbonyl (C=O) groups is 1. The number of anilines is 1. The van der Waals surface area contributed by atoms with Gasteiger partial charge in [0, 0.05) is 5.69 Å². The van der Waals surface area contributed by atoms with E-state index < -0.39 is 6.04 Å². The van der Waals surface area contributed by atoms with Crippen LogP contribution >= 0.6 is 0 Å². The highest BCUT2D eigenvalue weighted by Crippen LogP contribution is 2.20. The monoisotopic (exact) mass is 307 g/mol. The Labute approximate surface area is 134 Å². The fourth-order valence-electron chi connectivity index (χ4n) is 2.60. The van der Waals surface area contributed by atoms with Gasteiger partial charge in [-0.25, -0.2) is 4.68 Å². The lowest BCUT2D eigenvalue weighted by Gasteiger charge is -2.17. The molecule has 23 heavy (non-hydrogen) atoms. The normalized spacial score (nSPS) is 11.9. The average Bonchev–Trinajstić information content (AvgIpc) is 3.01. The van der Waals surface area contributed by atoms with Crippen LogP contribution in [0.2, 0.25) is 0 Å². The number of nitrogens with one attached hydrogen (secondary N) is 1. The van der Waals surface area contributed by atoms with Crippen molar-refractivity contribution in [3.63, 3.8) is 0 Å². The third-order valence-corrected chi connectivity index (χ3v) is 3.48. The zero-order valence-electron chi connectivity index (χ0n) is 13.0. The van der Waals surface area contributed by atoms with E-state index in [2.05, 4.69) is 26.9 Å². The summed E-state index contributed by atoms with van der Waals surface area (Å²) < 4.78 is 1.45. The van der Waals surface area contributed by atoms with Crippen LogP contribution in [0.15, 0.2) is 54.9 Å². The SMILES string of the molecule is Cc1cc(C)cc(NC(=O)[C@@H](c2ccccc2)n2cnnn2)c1. The molecule has 0 aliphatic carbocycles. The third kappa shape index (κ3) is 3.42. The second kappa shape index (κ2) is 6.39. The summed E-state index contributed by atoms with van der Waals surface area (Å²) in [7, 11) is 0. The average molecular weight is 307 g/mol. The number of hydrogen-bond acceptors (Lipinski definition) is 4. The summed E-state index contributed by atoms with van der Waals surface area (Å²) in [4.78, 5) is 12.8. The number of hydrogen-bond donors (Lipinski definition) is 1. The number of amides is 1. The van der Waals surface area contributed by atoms with E-state index in [9.17, 15) is 4.79 Å². The van der Waals surface area contributed by atoms with Gasteiger partial charge in [-0.3, -0.25) is 4.79 Å². The van der Waals surface area contributed by atoms with Crippen LogP contribution in [0.25, 0.3) is 0 Å². The van der Waals surface area contributed by atoms with Gasteiger partial charge in [-0.15, -0.1) is 5.10 Å². The fourth-order valence-corrected chi connectivity index (χ4v) is 2.60. The van der Waals surface area contributed by atoms with Gasteiger partial charge >= 0.3 is 0 Å². The first-order chi connectivity index (χ1) is 11.1. The van der Waals surface area contributed by atoms with Gasteiger partial charge in [-0.2, -0.15) is 0 Å². The number of carbonyl (C=O) groups excluding carboxylic acids is 1. The van der Waals surface area contributed by atoms with Crippen molar-refractivity contribution >= 4 is 11.6 Å². The van der Waals surface area contributed by atoms with Crippen LogP contribution in [0.3, 0.4) is 0 Å². The van der Waals surface area contributed by atoms with Gasteiger partial charge < -0.3 is 5.32 Å². The van der Waals surface area contributed by atoms with E-state index in [-0.39, 0.29) is 5.91 Å². The Morgan fingerprint density at radius 3 is 2.39 bits per heavy atom. The van der Waals surface area contributed by atoms with Crippen molar-refractivity contribution in [1.82, 2.24) is 20.2 Å². The molecule has 6 nitrogen and oxygen atoms in total. The van der Waals surface area contributed by atoms with Gasteiger partial charge in [0.15, 0.2) is 6.04 Å². The first-order valence-electron chi connectivity index (χ1n) is 7.30. The van der Waals surface area contributed by atoms with Crippen molar-refractivity contribution < 1.29 is 4.79 Å². The molecule has 1 aromatic heterocycles. The molecule has 2 aromatic carbocycles. The molecule has 0 unspecified atom stereocenters. The predicted molar refractivity (Wildman–Crippen MR) is 86.9 cm³/mol. The maximum atomic E-state index is 12.8. The lowest BCUT2D eigenvalue weighted by atomic mass is 10.1. The number of benzene rings is 2. The molecule has 1 amide bonds. The molecule has 3 rings (SSSR count). The molecule has 0 spiro atoms. The Morgan fingerprint density at radius 2 is 1.78 bits per heavy atom. The van der Waals surface area contributed by atoms with Crippen LogP contribution in [0.1, 0.15) is 22.7 Å². The lowest BCUT2D eigenvalue weighted by molar-refractivity contribution is -0.118. The van der Waals surface area contributed by atoms with E-state index in [4.69, 9.17) is 0 Å². The second-order valence-corrected chi connectivity index (χ2v) is 5.47. The summed E-state index contributed by atoms with van der Waals surface area (Å²) in [6.07, 6.45) is 1.44. The maximum absolute atomic E-state index is 12.8. The van der Waals surface area contributed by atoms with Gasteiger partial charge in [-0.05, 0) is 53.1 Å². The summed E-state index contributed by atoms with van der Waals surface area (Å²) >= 11 is 0. The minimum absolute atomic E-state index is 0.187. The molecule has 0 aliphatic heterocycles. The molecule has 0 radical (unpaired) electrons. The minimum Gasteiger partial charge on any atom is -0.324 e. The van der Waals surface area contributed by atoms with Gasteiger partial charge in [0.05, 0.1) is 0 Å². The van der Waals surface area contributed by atoms with Crippen molar-refractivity contribution in [3.05, 3.63) is 71.5 Å². The highest BCUT2D eigenvalue weighted by Gasteiger charge is 2.23. The second-order valence-electron chi connectivity index (χ2n) is 5.47. The number of rotatable bonds is 4. The summed E-state index contributed by atoms with van der Waals surface area (Å²) in [5.41, 5.74) is 3.78. The van der Waals surface area contributed by atoms with E-state index in [1.165, 1.54) is 11.0 Å². The van der Waals surface area contributed by atoms with Crippen molar-refractivity contribution in [2.45, 2.75) is 19.9 Å². The number of nitrogens with zero attached hydrogens (tertiary/aromatic N) is 4. The molecule has 0 fully saturated rings. The summed E-state index contributed by atoms with van der Waals surface area (Å²) in [5, 5.41) is 14.1. The molecule has 1 N–H and O–H groups in total. The smallest absolute Gasteiger partial charge is 0.253 e. The standard InChI is InChI=1S/C17H17N5O/c1-12-8-13(2)10-15(9-12)19-17(23)16(22-11-18-20-21-22)14-6-4-3-5-7-14/h3-11,16H,1-2H3,(H,19,23)/t16-/m1/s1. The molecule has 1 atom stereocenters. The number of aromatic nitrogens is 4. The van der Waals surface area contributed by atoms with Crippen molar-refractivity contribution in [2.24, 2.45) is 0 Å². The Morgan fingerprint density at radius 1 is 1.09 bits per heavy atom. The van der Waals surface area contributed by atoms with E-state index in [0.29, 0.717) is 0 Å². The van der Waals surface area contributed by atoms with Crippen LogP contribution in [0, 0.1) is 13.8 Å². The number of aryl methyl sites for hydroxylation is 2. The summed E-state index contributed by atoms with van der Waals surface area (Å²) in [6.45, 7) is 4.00. The quantitative estimate of drug-likeness (QED) is 0.804.